The monoisotopic (exact) mass is 1230 g/mol. The van der Waals surface area contributed by atoms with Crippen molar-refractivity contribution in [3.05, 3.63) is 0 Å². The number of aliphatic hydroxyl groups excluding tert-OH is 1. The van der Waals surface area contributed by atoms with Crippen molar-refractivity contribution >= 4 is 39.5 Å². The second-order valence-corrected chi connectivity index (χ2v) is 27.7. The Morgan fingerprint density at radius 1 is 0.337 bits per heavy atom. The average molecular weight is 1230 g/mol. The van der Waals surface area contributed by atoms with Crippen LogP contribution in [-0.4, -0.2) is 96.7 Å². The van der Waals surface area contributed by atoms with Gasteiger partial charge in [-0.1, -0.05) is 254 Å². The summed E-state index contributed by atoms with van der Waals surface area (Å²) in [7, 11) is -9.89. The van der Waals surface area contributed by atoms with Gasteiger partial charge in [-0.3, -0.25) is 37.3 Å². The number of aliphatic hydroxyl groups is 1. The van der Waals surface area contributed by atoms with Gasteiger partial charge < -0.3 is 33.8 Å². The predicted octanol–water partition coefficient (Wildman–Crippen LogP) is 17.4. The summed E-state index contributed by atoms with van der Waals surface area (Å²) in [6, 6.07) is 0. The molecule has 0 saturated heterocycles. The maximum atomic E-state index is 13.0. The van der Waals surface area contributed by atoms with Gasteiger partial charge in [-0.15, -0.1) is 0 Å². The van der Waals surface area contributed by atoms with Crippen LogP contribution in [0.25, 0.3) is 0 Å². The summed E-state index contributed by atoms with van der Waals surface area (Å²) >= 11 is 0. The molecule has 0 heterocycles. The van der Waals surface area contributed by atoms with Crippen LogP contribution < -0.4 is 0 Å². The van der Waals surface area contributed by atoms with Crippen molar-refractivity contribution in [1.29, 1.82) is 0 Å². The maximum absolute atomic E-state index is 13.0. The van der Waals surface area contributed by atoms with Crippen molar-refractivity contribution in [3.8, 4) is 0 Å². The fourth-order valence-corrected chi connectivity index (χ4v) is 11.0. The molecule has 0 rings (SSSR count). The van der Waals surface area contributed by atoms with E-state index in [1.807, 2.05) is 0 Å². The van der Waals surface area contributed by atoms with Gasteiger partial charge in [0.05, 0.1) is 26.4 Å². The van der Waals surface area contributed by atoms with E-state index in [-0.39, 0.29) is 25.7 Å². The zero-order chi connectivity index (χ0) is 61.8. The Labute approximate surface area is 505 Å². The zero-order valence-corrected chi connectivity index (χ0v) is 55.6. The van der Waals surface area contributed by atoms with Gasteiger partial charge in [0.25, 0.3) is 0 Å². The van der Waals surface area contributed by atoms with Crippen molar-refractivity contribution in [2.75, 3.05) is 39.6 Å². The summed E-state index contributed by atoms with van der Waals surface area (Å²) in [5.74, 6) is 0.729. The van der Waals surface area contributed by atoms with E-state index in [4.69, 9.17) is 37.0 Å². The van der Waals surface area contributed by atoms with E-state index in [1.165, 1.54) is 96.3 Å². The Hall–Kier alpha value is -1.94. The number of esters is 4. The molecule has 0 aromatic rings. The van der Waals surface area contributed by atoms with Crippen LogP contribution >= 0.6 is 15.6 Å². The minimum atomic E-state index is -4.95. The summed E-state index contributed by atoms with van der Waals surface area (Å²) in [5, 5.41) is 10.5. The van der Waals surface area contributed by atoms with Gasteiger partial charge in [0.2, 0.25) is 0 Å². The molecule has 6 atom stereocenters. The van der Waals surface area contributed by atoms with E-state index in [9.17, 15) is 43.2 Å². The first kappa shape index (κ1) is 81.1. The third-order valence-corrected chi connectivity index (χ3v) is 16.8. The number of rotatable bonds is 61. The van der Waals surface area contributed by atoms with E-state index < -0.39 is 97.5 Å². The molecule has 0 bridgehead atoms. The molecule has 0 aliphatic heterocycles. The molecule has 0 aliphatic carbocycles. The smallest absolute Gasteiger partial charge is 0.462 e. The quantitative estimate of drug-likeness (QED) is 0.0222. The van der Waals surface area contributed by atoms with Crippen molar-refractivity contribution in [1.82, 2.24) is 0 Å². The summed E-state index contributed by atoms with van der Waals surface area (Å²) in [4.78, 5) is 72.2. The average Bonchev–Trinajstić information content (AvgIpc) is 3.43. The van der Waals surface area contributed by atoms with Crippen LogP contribution in [0.3, 0.4) is 0 Å². The van der Waals surface area contributed by atoms with Crippen molar-refractivity contribution in [3.63, 3.8) is 0 Å². The number of carbonyl (C=O) groups is 4. The van der Waals surface area contributed by atoms with Gasteiger partial charge in [-0.2, -0.15) is 0 Å². The molecule has 0 amide bonds. The van der Waals surface area contributed by atoms with Crippen LogP contribution in [0.2, 0.25) is 0 Å². The Bertz CT molecular complexity index is 1660. The highest BCUT2D eigenvalue weighted by Gasteiger charge is 2.30. The maximum Gasteiger partial charge on any atom is 0.472 e. The molecule has 17 nitrogen and oxygen atoms in total. The third-order valence-electron chi connectivity index (χ3n) is 14.9. The van der Waals surface area contributed by atoms with Crippen LogP contribution in [0.4, 0.5) is 0 Å². The molecule has 0 aromatic heterocycles. The second kappa shape index (κ2) is 54.2. The lowest BCUT2D eigenvalue weighted by molar-refractivity contribution is -0.161. The lowest BCUT2D eigenvalue weighted by Crippen LogP contribution is -2.30. The summed E-state index contributed by atoms with van der Waals surface area (Å²) in [6.07, 6.45) is 33.7. The number of phosphoric acid groups is 2. The number of hydrogen-bond donors (Lipinski definition) is 3. The molecule has 0 spiro atoms. The first-order valence-electron chi connectivity index (χ1n) is 33.2. The fraction of sp³-hybridized carbons (Fsp3) is 0.938. The fourth-order valence-electron chi connectivity index (χ4n) is 9.40. The van der Waals surface area contributed by atoms with Gasteiger partial charge in [0.15, 0.2) is 12.2 Å². The summed E-state index contributed by atoms with van der Waals surface area (Å²) < 4.78 is 68.0. The Morgan fingerprint density at radius 2 is 0.578 bits per heavy atom. The Balaban J connectivity index is 5.25. The molecule has 0 aromatic carbocycles. The van der Waals surface area contributed by atoms with Crippen LogP contribution in [0.5, 0.6) is 0 Å². The van der Waals surface area contributed by atoms with Crippen molar-refractivity contribution in [2.24, 2.45) is 23.7 Å². The van der Waals surface area contributed by atoms with Crippen molar-refractivity contribution < 1.29 is 80.2 Å². The Kier molecular flexibility index (Phi) is 53.0. The third kappa shape index (κ3) is 57.6. The van der Waals surface area contributed by atoms with Crippen LogP contribution in [0, 0.1) is 23.7 Å². The molecular formula is C64H124O17P2. The minimum Gasteiger partial charge on any atom is -0.462 e. The van der Waals surface area contributed by atoms with Gasteiger partial charge in [-0.25, -0.2) is 9.13 Å². The van der Waals surface area contributed by atoms with E-state index in [2.05, 4.69) is 55.4 Å². The lowest BCUT2D eigenvalue weighted by Gasteiger charge is -2.21. The highest BCUT2D eigenvalue weighted by Crippen LogP contribution is 2.45. The van der Waals surface area contributed by atoms with E-state index in [1.54, 1.807) is 0 Å². The molecule has 0 aliphatic rings. The summed E-state index contributed by atoms with van der Waals surface area (Å²) in [6.45, 7) is 13.9. The number of hydrogen-bond acceptors (Lipinski definition) is 15. The molecule has 0 fully saturated rings. The van der Waals surface area contributed by atoms with Gasteiger partial charge >= 0.3 is 39.5 Å². The topological polar surface area (TPSA) is 237 Å². The number of unbranched alkanes of at least 4 members (excludes halogenated alkanes) is 26. The molecule has 492 valence electrons. The molecule has 0 saturated carbocycles. The standard InChI is InChI=1S/C64H124O17P2/c1-9-57(8)43-35-27-21-23-29-37-45-62(67)75-51-59(80-63(68)46-38-30-18-14-12-10-11-13-16-24-32-40-54(2)3)52-78-82(70,71)76-48-58(65)49-77-83(72,73)79-53-60(50-74-61(66)44-36-28-22-20-26-34-42-56(6)7)81-64(69)47-39-31-19-15-17-25-33-41-55(4)5/h54-60,65H,9-53H2,1-8H3,(H,70,71)(H,72,73)/t57?,58-,59+,60+/m0/s1. The first-order valence-corrected chi connectivity index (χ1v) is 36.2. The molecule has 0 radical (unpaired) electrons. The largest absolute Gasteiger partial charge is 0.472 e. The van der Waals surface area contributed by atoms with E-state index in [0.29, 0.717) is 37.5 Å². The lowest BCUT2D eigenvalue weighted by atomic mass is 10.00. The number of carbonyl (C=O) groups excluding carboxylic acids is 4. The van der Waals surface area contributed by atoms with Crippen molar-refractivity contribution in [2.45, 2.75) is 324 Å². The SMILES string of the molecule is CCC(C)CCCCCCCCC(=O)OC[C@H](COP(=O)(O)OC[C@H](O)COP(=O)(O)OC[C@@H](COC(=O)CCCCCCCCC(C)C)OC(=O)CCCCCCCCCC(C)C)OC(=O)CCCCCCCCCCCCCC(C)C. The number of ether oxygens (including phenoxy) is 4. The molecule has 3 N–H and O–H groups in total. The summed E-state index contributed by atoms with van der Waals surface area (Å²) in [5.41, 5.74) is 0. The highest BCUT2D eigenvalue weighted by molar-refractivity contribution is 7.47. The van der Waals surface area contributed by atoms with Gasteiger partial charge in [-0.05, 0) is 49.4 Å². The highest BCUT2D eigenvalue weighted by atomic mass is 31.2. The Morgan fingerprint density at radius 3 is 0.855 bits per heavy atom. The van der Waals surface area contributed by atoms with Crippen LogP contribution in [-0.2, 0) is 65.4 Å². The zero-order valence-electron chi connectivity index (χ0n) is 53.8. The van der Waals surface area contributed by atoms with Crippen LogP contribution in [0.1, 0.15) is 306 Å². The number of phosphoric ester groups is 2. The van der Waals surface area contributed by atoms with Gasteiger partial charge in [0.1, 0.15) is 19.3 Å². The molecule has 3 unspecified atom stereocenters. The van der Waals surface area contributed by atoms with Gasteiger partial charge in [0, 0.05) is 25.7 Å². The normalized spacial score (nSPS) is 14.8. The molecule has 83 heavy (non-hydrogen) atoms. The molecular weight excluding hydrogens is 1100 g/mol. The van der Waals surface area contributed by atoms with E-state index >= 15 is 0 Å². The second-order valence-electron chi connectivity index (χ2n) is 24.8. The van der Waals surface area contributed by atoms with Crippen LogP contribution in [0.15, 0.2) is 0 Å². The molecule has 19 heteroatoms. The predicted molar refractivity (Wildman–Crippen MR) is 331 cm³/mol. The van der Waals surface area contributed by atoms with E-state index in [0.717, 1.165) is 115 Å². The first-order chi connectivity index (χ1) is 39.6. The minimum absolute atomic E-state index is 0.102.